The monoisotopic (exact) mass is 298 g/mol. The molecule has 0 N–H and O–H groups in total. The summed E-state index contributed by atoms with van der Waals surface area (Å²) in [6, 6.07) is 7.20. The summed E-state index contributed by atoms with van der Waals surface area (Å²) in [4.78, 5) is 11.2. The Kier molecular flexibility index (Phi) is 3.89. The van der Waals surface area contributed by atoms with E-state index in [0.717, 1.165) is 12.1 Å². The first-order valence-corrected chi connectivity index (χ1v) is 7.23. The molecule has 1 heterocycles. The van der Waals surface area contributed by atoms with E-state index < -0.39 is 27.4 Å². The third-order valence-corrected chi connectivity index (χ3v) is 4.21. The van der Waals surface area contributed by atoms with Gasteiger partial charge >= 0.3 is 5.97 Å². The molecule has 0 aliphatic heterocycles. The number of hydrogen-bond donors (Lipinski definition) is 0. The van der Waals surface area contributed by atoms with E-state index in [2.05, 4.69) is 4.74 Å². The maximum absolute atomic E-state index is 12.8. The molecular formula is C13H11FO5S. The van der Waals surface area contributed by atoms with Gasteiger partial charge in [0.15, 0.2) is 9.84 Å². The van der Waals surface area contributed by atoms with Crippen LogP contribution in [0.25, 0.3) is 0 Å². The van der Waals surface area contributed by atoms with Crippen LogP contribution in [-0.4, -0.2) is 21.5 Å². The van der Waals surface area contributed by atoms with Gasteiger partial charge in [0.1, 0.15) is 17.3 Å². The normalized spacial score (nSPS) is 11.3. The van der Waals surface area contributed by atoms with E-state index in [1.807, 2.05) is 0 Å². The first-order valence-electron chi connectivity index (χ1n) is 5.58. The molecule has 0 atom stereocenters. The highest BCUT2D eigenvalue weighted by Gasteiger charge is 2.19. The van der Waals surface area contributed by atoms with Crippen LogP contribution >= 0.6 is 0 Å². The van der Waals surface area contributed by atoms with Crippen molar-refractivity contribution in [2.75, 3.05) is 7.11 Å². The lowest BCUT2D eigenvalue weighted by atomic mass is 10.4. The molecule has 0 aliphatic carbocycles. The fraction of sp³-hybridized carbons (Fsp3) is 0.154. The van der Waals surface area contributed by atoms with Crippen molar-refractivity contribution in [3.8, 4) is 0 Å². The molecular weight excluding hydrogens is 287 g/mol. The van der Waals surface area contributed by atoms with Gasteiger partial charge in [-0.15, -0.1) is 0 Å². The lowest BCUT2D eigenvalue weighted by Gasteiger charge is -2.02. The Hall–Kier alpha value is -2.15. The quantitative estimate of drug-likeness (QED) is 0.639. The van der Waals surface area contributed by atoms with Gasteiger partial charge in [0.2, 0.25) is 5.76 Å². The van der Waals surface area contributed by atoms with Crippen LogP contribution in [0.3, 0.4) is 0 Å². The van der Waals surface area contributed by atoms with Crippen LogP contribution in [0.4, 0.5) is 4.39 Å². The van der Waals surface area contributed by atoms with E-state index in [-0.39, 0.29) is 16.4 Å². The summed E-state index contributed by atoms with van der Waals surface area (Å²) in [6.07, 6.45) is 0. The van der Waals surface area contributed by atoms with Gasteiger partial charge in [-0.3, -0.25) is 0 Å². The molecule has 0 unspecified atom stereocenters. The highest BCUT2D eigenvalue weighted by Crippen LogP contribution is 2.19. The van der Waals surface area contributed by atoms with Gasteiger partial charge in [-0.05, 0) is 36.4 Å². The van der Waals surface area contributed by atoms with Crippen LogP contribution in [-0.2, 0) is 20.3 Å². The Morgan fingerprint density at radius 2 is 1.85 bits per heavy atom. The number of esters is 1. The third-order valence-electron chi connectivity index (χ3n) is 2.55. The van der Waals surface area contributed by atoms with Crippen molar-refractivity contribution < 1.29 is 26.8 Å². The number of benzene rings is 1. The standard InChI is InChI=1S/C13H11FO5S/c1-18-13(15)12-7-4-10(19-12)8-20(16,17)11-5-2-9(14)3-6-11/h2-7H,8H2,1H3. The molecule has 0 saturated heterocycles. The van der Waals surface area contributed by atoms with E-state index in [1.165, 1.54) is 31.4 Å². The lowest BCUT2D eigenvalue weighted by molar-refractivity contribution is 0.0563. The van der Waals surface area contributed by atoms with E-state index >= 15 is 0 Å². The number of sulfone groups is 1. The summed E-state index contributed by atoms with van der Waals surface area (Å²) in [5.41, 5.74) is 0. The number of carbonyl (C=O) groups excluding carboxylic acids is 1. The van der Waals surface area contributed by atoms with Crippen LogP contribution in [0, 0.1) is 5.82 Å². The molecule has 0 saturated carbocycles. The van der Waals surface area contributed by atoms with Crippen molar-refractivity contribution in [2.24, 2.45) is 0 Å². The molecule has 106 valence electrons. The molecule has 2 aromatic rings. The summed E-state index contributed by atoms with van der Waals surface area (Å²) >= 11 is 0. The predicted molar refractivity (Wildman–Crippen MR) is 67.3 cm³/mol. The van der Waals surface area contributed by atoms with Gasteiger partial charge in [0.25, 0.3) is 0 Å². The average molecular weight is 298 g/mol. The minimum absolute atomic E-state index is 0.0186. The van der Waals surface area contributed by atoms with Crippen LogP contribution in [0.1, 0.15) is 16.3 Å². The van der Waals surface area contributed by atoms with Gasteiger partial charge < -0.3 is 9.15 Å². The third kappa shape index (κ3) is 3.05. The van der Waals surface area contributed by atoms with Gasteiger partial charge in [0.05, 0.1) is 12.0 Å². The fourth-order valence-electron chi connectivity index (χ4n) is 1.58. The zero-order valence-electron chi connectivity index (χ0n) is 10.5. The Balaban J connectivity index is 2.22. The molecule has 5 nitrogen and oxygen atoms in total. The number of hydrogen-bond acceptors (Lipinski definition) is 5. The van der Waals surface area contributed by atoms with E-state index in [4.69, 9.17) is 4.42 Å². The molecule has 2 rings (SSSR count). The fourth-order valence-corrected chi connectivity index (χ4v) is 2.83. The molecule has 0 fully saturated rings. The molecule has 0 radical (unpaired) electrons. The Labute approximate surface area is 114 Å². The average Bonchev–Trinajstić information content (AvgIpc) is 2.86. The highest BCUT2D eigenvalue weighted by atomic mass is 32.2. The minimum atomic E-state index is -3.66. The van der Waals surface area contributed by atoms with Crippen LogP contribution < -0.4 is 0 Å². The van der Waals surface area contributed by atoms with Crippen molar-refractivity contribution in [1.82, 2.24) is 0 Å². The van der Waals surface area contributed by atoms with Gasteiger partial charge in [-0.2, -0.15) is 0 Å². The molecule has 7 heteroatoms. The van der Waals surface area contributed by atoms with Crippen molar-refractivity contribution >= 4 is 15.8 Å². The second-order valence-electron chi connectivity index (χ2n) is 3.97. The Bertz CT molecular complexity index is 715. The molecule has 0 aliphatic rings. The Morgan fingerprint density at radius 1 is 1.20 bits per heavy atom. The summed E-state index contributed by atoms with van der Waals surface area (Å²) in [6.45, 7) is 0. The van der Waals surface area contributed by atoms with Crippen molar-refractivity contribution in [3.05, 3.63) is 53.7 Å². The van der Waals surface area contributed by atoms with E-state index in [9.17, 15) is 17.6 Å². The second-order valence-corrected chi connectivity index (χ2v) is 5.96. The van der Waals surface area contributed by atoms with Crippen LogP contribution in [0.2, 0.25) is 0 Å². The maximum Gasteiger partial charge on any atom is 0.373 e. The number of carbonyl (C=O) groups is 1. The van der Waals surface area contributed by atoms with E-state index in [1.54, 1.807) is 0 Å². The molecule has 0 amide bonds. The SMILES string of the molecule is COC(=O)c1ccc(CS(=O)(=O)c2ccc(F)cc2)o1. The smallest absolute Gasteiger partial charge is 0.373 e. The highest BCUT2D eigenvalue weighted by molar-refractivity contribution is 7.90. The van der Waals surface area contributed by atoms with E-state index in [0.29, 0.717) is 0 Å². The number of halogens is 1. The molecule has 0 bridgehead atoms. The van der Waals surface area contributed by atoms with Gasteiger partial charge in [-0.1, -0.05) is 0 Å². The summed E-state index contributed by atoms with van der Waals surface area (Å²) in [5, 5.41) is 0. The first-order chi connectivity index (χ1) is 9.42. The Morgan fingerprint density at radius 3 is 2.45 bits per heavy atom. The zero-order valence-corrected chi connectivity index (χ0v) is 11.3. The number of rotatable bonds is 4. The maximum atomic E-state index is 12.8. The van der Waals surface area contributed by atoms with Crippen molar-refractivity contribution in [2.45, 2.75) is 10.6 Å². The molecule has 20 heavy (non-hydrogen) atoms. The van der Waals surface area contributed by atoms with Crippen molar-refractivity contribution in [3.63, 3.8) is 0 Å². The summed E-state index contributed by atoms with van der Waals surface area (Å²) < 4.78 is 46.4. The lowest BCUT2D eigenvalue weighted by Crippen LogP contribution is -2.04. The largest absolute Gasteiger partial charge is 0.463 e. The number of methoxy groups -OCH3 is 1. The van der Waals surface area contributed by atoms with Gasteiger partial charge in [-0.25, -0.2) is 17.6 Å². The molecule has 0 spiro atoms. The summed E-state index contributed by atoms with van der Waals surface area (Å²) in [5.74, 6) is -1.59. The predicted octanol–water partition coefficient (Wildman–Crippen LogP) is 2.18. The first kappa shape index (κ1) is 14.3. The van der Waals surface area contributed by atoms with Crippen LogP contribution in [0.15, 0.2) is 45.7 Å². The number of ether oxygens (including phenoxy) is 1. The van der Waals surface area contributed by atoms with Crippen molar-refractivity contribution in [1.29, 1.82) is 0 Å². The topological polar surface area (TPSA) is 73.6 Å². The van der Waals surface area contributed by atoms with Crippen LogP contribution in [0.5, 0.6) is 0 Å². The zero-order chi connectivity index (χ0) is 14.8. The number of furan rings is 1. The molecule has 1 aromatic heterocycles. The molecule has 1 aromatic carbocycles. The summed E-state index contributed by atoms with van der Waals surface area (Å²) in [7, 11) is -2.47. The van der Waals surface area contributed by atoms with Gasteiger partial charge in [0, 0.05) is 0 Å². The minimum Gasteiger partial charge on any atom is -0.463 e. The second kappa shape index (κ2) is 5.46.